The highest BCUT2D eigenvalue weighted by Crippen LogP contribution is 2.32. The van der Waals surface area contributed by atoms with Crippen molar-refractivity contribution in [2.45, 2.75) is 26.5 Å². The van der Waals surface area contributed by atoms with E-state index in [1.807, 2.05) is 48.9 Å². The summed E-state index contributed by atoms with van der Waals surface area (Å²) in [7, 11) is 0. The van der Waals surface area contributed by atoms with E-state index in [9.17, 15) is 0 Å². The van der Waals surface area contributed by atoms with E-state index in [0.29, 0.717) is 0 Å². The highest BCUT2D eigenvalue weighted by molar-refractivity contribution is 5.68. The molecule has 4 nitrogen and oxygen atoms in total. The lowest BCUT2D eigenvalue weighted by molar-refractivity contribution is 0.242. The highest BCUT2D eigenvalue weighted by Gasteiger charge is 2.22. The van der Waals surface area contributed by atoms with Crippen molar-refractivity contribution >= 4 is 0 Å². The second kappa shape index (κ2) is 4.98. The number of ether oxygens (including phenoxy) is 1. The number of rotatable bonds is 3. The van der Waals surface area contributed by atoms with E-state index in [1.54, 1.807) is 0 Å². The number of aromatic nitrogens is 3. The molecule has 0 bridgehead atoms. The summed E-state index contributed by atoms with van der Waals surface area (Å²) in [6.45, 7) is 4.83. The third-order valence-corrected chi connectivity index (χ3v) is 3.71. The van der Waals surface area contributed by atoms with Gasteiger partial charge in [0, 0.05) is 11.1 Å². The maximum atomic E-state index is 5.75. The van der Waals surface area contributed by atoms with Crippen LogP contribution in [0.3, 0.4) is 0 Å². The molecule has 1 aromatic heterocycles. The number of fused-ring (bicyclic) bond motifs is 3. The van der Waals surface area contributed by atoms with Crippen LogP contribution in [0.15, 0.2) is 48.5 Å². The molecule has 0 N–H and O–H groups in total. The molecule has 0 radical (unpaired) electrons. The maximum Gasteiger partial charge on any atom is 0.181 e. The molecule has 22 heavy (non-hydrogen) atoms. The van der Waals surface area contributed by atoms with Gasteiger partial charge in [-0.1, -0.05) is 36.4 Å². The summed E-state index contributed by atoms with van der Waals surface area (Å²) < 4.78 is 7.72. The Hall–Kier alpha value is -2.62. The molecule has 110 valence electrons. The van der Waals surface area contributed by atoms with Gasteiger partial charge in [0.05, 0.1) is 12.6 Å². The zero-order valence-electron chi connectivity index (χ0n) is 12.7. The normalized spacial score (nSPS) is 12.3. The smallest absolute Gasteiger partial charge is 0.181 e. The predicted octanol–water partition coefficient (Wildman–Crippen LogP) is 3.76. The second-order valence-electron chi connectivity index (χ2n) is 5.77. The Morgan fingerprint density at radius 2 is 1.95 bits per heavy atom. The number of benzene rings is 2. The van der Waals surface area contributed by atoms with Gasteiger partial charge in [-0.15, -0.1) is 0 Å². The third kappa shape index (κ3) is 2.17. The van der Waals surface area contributed by atoms with Gasteiger partial charge < -0.3 is 4.74 Å². The van der Waals surface area contributed by atoms with Gasteiger partial charge in [-0.05, 0) is 31.5 Å². The molecule has 0 unspecified atom stereocenters. The number of nitrogens with zero attached hydrogens (tertiary/aromatic N) is 3. The fourth-order valence-corrected chi connectivity index (χ4v) is 2.79. The molecule has 1 aliphatic rings. The van der Waals surface area contributed by atoms with Gasteiger partial charge in [0.25, 0.3) is 0 Å². The molecular formula is C18H17N3O. The third-order valence-electron chi connectivity index (χ3n) is 3.71. The van der Waals surface area contributed by atoms with Crippen molar-refractivity contribution in [2.24, 2.45) is 0 Å². The van der Waals surface area contributed by atoms with Crippen molar-refractivity contribution in [3.05, 3.63) is 54.1 Å². The molecule has 4 rings (SSSR count). The summed E-state index contributed by atoms with van der Waals surface area (Å²) in [5, 5.41) is 4.65. The van der Waals surface area contributed by atoms with Crippen molar-refractivity contribution < 1.29 is 4.74 Å². The fraction of sp³-hybridized carbons (Fsp3) is 0.222. The Bertz CT molecular complexity index is 836. The monoisotopic (exact) mass is 291 g/mol. The Kier molecular flexibility index (Phi) is 2.96. The predicted molar refractivity (Wildman–Crippen MR) is 85.8 cm³/mol. The van der Waals surface area contributed by atoms with Crippen LogP contribution in [0.1, 0.15) is 19.4 Å². The Morgan fingerprint density at radius 1 is 1.09 bits per heavy atom. The van der Waals surface area contributed by atoms with Crippen molar-refractivity contribution in [3.8, 4) is 28.5 Å². The Labute approximate surface area is 129 Å². The lowest BCUT2D eigenvalue weighted by atomic mass is 10.1. The largest absolute Gasteiger partial charge is 0.491 e. The van der Waals surface area contributed by atoms with Crippen LogP contribution in [0.2, 0.25) is 0 Å². The van der Waals surface area contributed by atoms with Crippen LogP contribution < -0.4 is 4.74 Å². The molecule has 0 saturated heterocycles. The summed E-state index contributed by atoms with van der Waals surface area (Å²) >= 11 is 0. The van der Waals surface area contributed by atoms with Crippen molar-refractivity contribution in [1.82, 2.24) is 14.8 Å². The minimum atomic E-state index is 0.155. The quantitative estimate of drug-likeness (QED) is 0.577. The average molecular weight is 291 g/mol. The molecule has 2 aromatic carbocycles. The second-order valence-corrected chi connectivity index (χ2v) is 5.77. The molecule has 2 heterocycles. The lowest BCUT2D eigenvalue weighted by Crippen LogP contribution is -2.05. The summed E-state index contributed by atoms with van der Waals surface area (Å²) in [5.74, 6) is 2.54. The van der Waals surface area contributed by atoms with Crippen LogP contribution in [-0.4, -0.2) is 20.9 Å². The van der Waals surface area contributed by atoms with E-state index in [0.717, 1.165) is 29.5 Å². The maximum absolute atomic E-state index is 5.75. The first-order valence-corrected chi connectivity index (χ1v) is 7.51. The van der Waals surface area contributed by atoms with Gasteiger partial charge in [-0.3, -0.25) is 0 Å². The van der Waals surface area contributed by atoms with Crippen molar-refractivity contribution in [3.63, 3.8) is 0 Å². The van der Waals surface area contributed by atoms with Crippen LogP contribution in [0, 0.1) is 0 Å². The van der Waals surface area contributed by atoms with Gasteiger partial charge in [0.1, 0.15) is 5.75 Å². The van der Waals surface area contributed by atoms with Gasteiger partial charge >= 0.3 is 0 Å². The standard InChI is InChI=1S/C18H17N3O/c1-12(2)22-15-8-5-7-13(10-15)17-19-18-16-9-4-3-6-14(16)11-21(18)20-17/h3-10,12H,11H2,1-2H3. The molecule has 0 aliphatic carbocycles. The van der Waals surface area contributed by atoms with E-state index in [2.05, 4.69) is 23.3 Å². The number of hydrogen-bond acceptors (Lipinski definition) is 3. The molecular weight excluding hydrogens is 274 g/mol. The van der Waals surface area contributed by atoms with E-state index < -0.39 is 0 Å². The number of hydrogen-bond donors (Lipinski definition) is 0. The molecule has 0 fully saturated rings. The topological polar surface area (TPSA) is 39.9 Å². The zero-order chi connectivity index (χ0) is 15.1. The van der Waals surface area contributed by atoms with E-state index in [-0.39, 0.29) is 6.10 Å². The lowest BCUT2D eigenvalue weighted by Gasteiger charge is -2.09. The van der Waals surface area contributed by atoms with Crippen LogP contribution >= 0.6 is 0 Å². The SMILES string of the molecule is CC(C)Oc1cccc(-c2nc3n(n2)Cc2ccccc2-3)c1. The first kappa shape index (κ1) is 13.1. The van der Waals surface area contributed by atoms with Crippen LogP contribution in [0.5, 0.6) is 5.75 Å². The van der Waals surface area contributed by atoms with Crippen LogP contribution in [0.4, 0.5) is 0 Å². The summed E-state index contributed by atoms with van der Waals surface area (Å²) in [6.07, 6.45) is 0.155. The molecule has 0 saturated carbocycles. The first-order chi connectivity index (χ1) is 10.7. The van der Waals surface area contributed by atoms with Gasteiger partial charge in [-0.2, -0.15) is 5.10 Å². The van der Waals surface area contributed by atoms with Gasteiger partial charge in [-0.25, -0.2) is 9.67 Å². The minimum Gasteiger partial charge on any atom is -0.491 e. The van der Waals surface area contributed by atoms with E-state index >= 15 is 0 Å². The summed E-state index contributed by atoms with van der Waals surface area (Å²) in [5.41, 5.74) is 3.44. The average Bonchev–Trinajstić information content (AvgIpc) is 3.04. The summed E-state index contributed by atoms with van der Waals surface area (Å²) in [6, 6.07) is 16.3. The molecule has 0 atom stereocenters. The minimum absolute atomic E-state index is 0.155. The van der Waals surface area contributed by atoms with Crippen LogP contribution in [-0.2, 0) is 6.54 Å². The highest BCUT2D eigenvalue weighted by atomic mass is 16.5. The van der Waals surface area contributed by atoms with E-state index in [1.165, 1.54) is 11.1 Å². The molecule has 1 aliphatic heterocycles. The fourth-order valence-electron chi connectivity index (χ4n) is 2.79. The van der Waals surface area contributed by atoms with Crippen LogP contribution in [0.25, 0.3) is 22.8 Å². The van der Waals surface area contributed by atoms with E-state index in [4.69, 9.17) is 9.72 Å². The Morgan fingerprint density at radius 3 is 2.82 bits per heavy atom. The Balaban J connectivity index is 1.72. The van der Waals surface area contributed by atoms with Gasteiger partial charge in [0.2, 0.25) is 0 Å². The molecule has 0 amide bonds. The zero-order valence-corrected chi connectivity index (χ0v) is 12.7. The summed E-state index contributed by atoms with van der Waals surface area (Å²) in [4.78, 5) is 4.72. The van der Waals surface area contributed by atoms with Crippen molar-refractivity contribution in [2.75, 3.05) is 0 Å². The molecule has 0 spiro atoms. The van der Waals surface area contributed by atoms with Crippen molar-refractivity contribution in [1.29, 1.82) is 0 Å². The molecule has 4 heteroatoms. The first-order valence-electron chi connectivity index (χ1n) is 7.51. The van der Waals surface area contributed by atoms with Gasteiger partial charge in [0.15, 0.2) is 11.6 Å². The molecule has 3 aromatic rings.